The number of amides is 4. The van der Waals surface area contributed by atoms with Crippen molar-refractivity contribution in [2.45, 2.75) is 95.4 Å². The monoisotopic (exact) mass is 530 g/mol. The van der Waals surface area contributed by atoms with Gasteiger partial charge in [0.05, 0.1) is 6.04 Å². The molecule has 8 rings (SSSR count). The van der Waals surface area contributed by atoms with E-state index in [0.717, 1.165) is 57.1 Å². The number of aryl methyl sites for hydroxylation is 1. The van der Waals surface area contributed by atoms with Crippen LogP contribution in [0.4, 0.5) is 10.5 Å². The molecule has 5 fully saturated rings. The van der Waals surface area contributed by atoms with E-state index in [2.05, 4.69) is 33.2 Å². The van der Waals surface area contributed by atoms with Gasteiger partial charge in [-0.25, -0.2) is 4.79 Å². The van der Waals surface area contributed by atoms with Gasteiger partial charge in [0.25, 0.3) is 5.91 Å². The Labute approximate surface area is 229 Å². The topological polar surface area (TPSA) is 108 Å². The zero-order valence-electron chi connectivity index (χ0n) is 22.7. The van der Waals surface area contributed by atoms with Gasteiger partial charge in [0, 0.05) is 30.0 Å². The molecule has 9 heteroatoms. The van der Waals surface area contributed by atoms with Gasteiger partial charge in [-0.2, -0.15) is 5.10 Å². The normalized spacial score (nSPS) is 26.2. The molecule has 4 amide bonds. The molecule has 2 aromatic rings. The van der Waals surface area contributed by atoms with Crippen molar-refractivity contribution in [1.82, 2.24) is 25.3 Å². The Morgan fingerprint density at radius 2 is 1.79 bits per heavy atom. The van der Waals surface area contributed by atoms with Gasteiger partial charge in [0.15, 0.2) is 0 Å². The van der Waals surface area contributed by atoms with Crippen LogP contribution in [0.1, 0.15) is 92.5 Å². The van der Waals surface area contributed by atoms with Crippen LogP contribution in [0.15, 0.2) is 30.5 Å². The van der Waals surface area contributed by atoms with Crippen LogP contribution in [0.5, 0.6) is 0 Å². The minimum absolute atomic E-state index is 0.0488. The molecule has 1 aromatic carbocycles. The molecule has 2 saturated heterocycles. The van der Waals surface area contributed by atoms with Crippen molar-refractivity contribution >= 4 is 23.5 Å². The molecular weight excluding hydrogens is 492 g/mol. The Morgan fingerprint density at radius 1 is 1.05 bits per heavy atom. The fourth-order valence-corrected chi connectivity index (χ4v) is 7.27. The quantitative estimate of drug-likeness (QED) is 0.452. The number of nitrogens with zero attached hydrogens (tertiary/aromatic N) is 3. The minimum Gasteiger partial charge on any atom is -0.339 e. The van der Waals surface area contributed by atoms with Crippen molar-refractivity contribution in [3.05, 3.63) is 47.3 Å². The highest BCUT2D eigenvalue weighted by molar-refractivity contribution is 6.01. The third-order valence-electron chi connectivity index (χ3n) is 9.54. The van der Waals surface area contributed by atoms with Crippen molar-refractivity contribution in [2.75, 3.05) is 5.32 Å². The number of benzene rings is 1. The molecule has 4 aliphatic carbocycles. The maximum Gasteiger partial charge on any atom is 0.318 e. The Balaban J connectivity index is 1.10. The second kappa shape index (κ2) is 9.38. The highest BCUT2D eigenvalue weighted by Crippen LogP contribution is 2.51. The molecule has 1 aromatic heterocycles. The summed E-state index contributed by atoms with van der Waals surface area (Å²) in [5.74, 6) is 0.750. The van der Waals surface area contributed by atoms with E-state index in [1.165, 1.54) is 11.1 Å². The van der Waals surface area contributed by atoms with E-state index in [1.54, 1.807) is 16.9 Å². The summed E-state index contributed by atoms with van der Waals surface area (Å²) in [7, 11) is 0. The standard InChI is InChI=1S/C30H38N6O3/c1-16(2)36-25(11-12-31-36)28(37)34-27(26(17-3-4-17)18-5-6-18)29(38)32-20-8-9-23-19(13-20)7-10-24(23)35-22-14-21(15-22)33-30(35)39/h8-9,11-13,16-18,21-22,24,26-27H,3-7,10,14-15H2,1-2H3,(H,32,38)(H,33,39)(H,34,37)/t21?,22?,24?,27-/m0/s1. The molecule has 0 radical (unpaired) electrons. The first-order valence-corrected chi connectivity index (χ1v) is 14.7. The van der Waals surface area contributed by atoms with Crippen molar-refractivity contribution in [3.63, 3.8) is 0 Å². The number of carbonyl (C=O) groups excluding carboxylic acids is 3. The van der Waals surface area contributed by atoms with Gasteiger partial charge in [-0.3, -0.25) is 14.3 Å². The van der Waals surface area contributed by atoms with Gasteiger partial charge < -0.3 is 20.9 Å². The summed E-state index contributed by atoms with van der Waals surface area (Å²) in [6.45, 7) is 3.98. The Morgan fingerprint density at radius 3 is 2.46 bits per heavy atom. The van der Waals surface area contributed by atoms with E-state index in [4.69, 9.17) is 0 Å². The number of urea groups is 1. The third-order valence-corrected chi connectivity index (χ3v) is 9.54. The summed E-state index contributed by atoms with van der Waals surface area (Å²) in [6, 6.07) is 8.13. The average Bonchev–Trinajstić information content (AvgIpc) is 3.81. The van der Waals surface area contributed by atoms with Crippen molar-refractivity contribution in [2.24, 2.45) is 17.8 Å². The maximum atomic E-state index is 13.8. The van der Waals surface area contributed by atoms with Crippen LogP contribution < -0.4 is 16.0 Å². The van der Waals surface area contributed by atoms with Crippen LogP contribution in [0.25, 0.3) is 0 Å². The predicted molar refractivity (Wildman–Crippen MR) is 146 cm³/mol. The van der Waals surface area contributed by atoms with Gasteiger partial charge >= 0.3 is 6.03 Å². The summed E-state index contributed by atoms with van der Waals surface area (Å²) in [6.07, 6.45) is 10.0. The first-order valence-electron chi connectivity index (χ1n) is 14.7. The van der Waals surface area contributed by atoms with Crippen LogP contribution in [-0.4, -0.2) is 50.7 Å². The number of hydrogen-bond donors (Lipinski definition) is 3. The molecule has 3 saturated carbocycles. The number of hydrogen-bond acceptors (Lipinski definition) is 4. The summed E-state index contributed by atoms with van der Waals surface area (Å²) in [5, 5.41) is 13.7. The molecular formula is C30H38N6O3. The van der Waals surface area contributed by atoms with Gasteiger partial charge in [-0.15, -0.1) is 0 Å². The molecule has 2 aliphatic heterocycles. The highest BCUT2D eigenvalue weighted by atomic mass is 16.2. The smallest absolute Gasteiger partial charge is 0.318 e. The molecule has 2 atom stereocenters. The molecule has 1 unspecified atom stereocenters. The van der Waals surface area contributed by atoms with Gasteiger partial charge in [-0.1, -0.05) is 6.07 Å². The second-order valence-corrected chi connectivity index (χ2v) is 12.6. The maximum absolute atomic E-state index is 13.8. The lowest BCUT2D eigenvalue weighted by atomic mass is 9.82. The fourth-order valence-electron chi connectivity index (χ4n) is 7.27. The average molecular weight is 531 g/mol. The number of rotatable bonds is 9. The van der Waals surface area contributed by atoms with E-state index in [0.29, 0.717) is 29.6 Å². The molecule has 0 spiro atoms. The molecule has 3 N–H and O–H groups in total. The van der Waals surface area contributed by atoms with Crippen LogP contribution in [0.3, 0.4) is 0 Å². The van der Waals surface area contributed by atoms with Crippen LogP contribution in [-0.2, 0) is 11.2 Å². The van der Waals surface area contributed by atoms with Crippen LogP contribution in [0.2, 0.25) is 0 Å². The minimum atomic E-state index is -0.586. The molecule has 6 aliphatic rings. The first kappa shape index (κ1) is 24.7. The van der Waals surface area contributed by atoms with Gasteiger partial charge in [0.2, 0.25) is 5.91 Å². The number of carbonyl (C=O) groups is 3. The van der Waals surface area contributed by atoms with E-state index in [-0.39, 0.29) is 35.8 Å². The van der Waals surface area contributed by atoms with Gasteiger partial charge in [0.1, 0.15) is 11.7 Å². The molecule has 3 heterocycles. The molecule has 39 heavy (non-hydrogen) atoms. The Kier molecular flexibility index (Phi) is 5.93. The number of aromatic nitrogens is 2. The summed E-state index contributed by atoms with van der Waals surface area (Å²) >= 11 is 0. The zero-order chi connectivity index (χ0) is 26.8. The van der Waals surface area contributed by atoms with Crippen LogP contribution >= 0.6 is 0 Å². The summed E-state index contributed by atoms with van der Waals surface area (Å²) in [4.78, 5) is 41.9. The second-order valence-electron chi connectivity index (χ2n) is 12.6. The predicted octanol–water partition coefficient (Wildman–Crippen LogP) is 4.18. The van der Waals surface area contributed by atoms with Crippen molar-refractivity contribution < 1.29 is 14.4 Å². The SMILES string of the molecule is CC(C)n1nccc1C(=O)N[C@H](C(=O)Nc1ccc2c(c1)CCC2N1C(=O)NC2CC1C2)C(C1CC1)C1CC1. The zero-order valence-corrected chi connectivity index (χ0v) is 22.7. The Hall–Kier alpha value is -3.36. The lowest BCUT2D eigenvalue weighted by Crippen LogP contribution is -2.65. The van der Waals surface area contributed by atoms with Crippen LogP contribution in [0, 0.1) is 17.8 Å². The molecule has 2 bridgehead atoms. The summed E-state index contributed by atoms with van der Waals surface area (Å²) in [5.41, 5.74) is 3.61. The van der Waals surface area contributed by atoms with E-state index >= 15 is 0 Å². The van der Waals surface area contributed by atoms with E-state index < -0.39 is 6.04 Å². The van der Waals surface area contributed by atoms with Crippen molar-refractivity contribution in [1.29, 1.82) is 0 Å². The number of anilines is 1. The van der Waals surface area contributed by atoms with Gasteiger partial charge in [-0.05, 0) is 112 Å². The first-order chi connectivity index (χ1) is 18.9. The number of nitrogens with one attached hydrogen (secondary N) is 3. The number of fused-ring (bicyclic) bond motifs is 3. The third kappa shape index (κ3) is 4.49. The van der Waals surface area contributed by atoms with E-state index in [9.17, 15) is 14.4 Å². The molecule has 9 nitrogen and oxygen atoms in total. The molecule has 206 valence electrons. The fraction of sp³-hybridized carbons (Fsp3) is 0.600. The van der Waals surface area contributed by atoms with Crippen molar-refractivity contribution in [3.8, 4) is 0 Å². The largest absolute Gasteiger partial charge is 0.339 e. The lowest BCUT2D eigenvalue weighted by Gasteiger charge is -2.51. The summed E-state index contributed by atoms with van der Waals surface area (Å²) < 4.78 is 1.71. The van der Waals surface area contributed by atoms with E-state index in [1.807, 2.05) is 24.8 Å². The highest BCUT2D eigenvalue weighted by Gasteiger charge is 2.49. The lowest BCUT2D eigenvalue weighted by molar-refractivity contribution is -0.119. The Bertz CT molecular complexity index is 1290.